The fraction of sp³-hybridized carbons (Fsp3) is 0.900. The molecule has 0 radical (unpaired) electrons. The van der Waals surface area contributed by atoms with Crippen LogP contribution in [0.15, 0.2) is 0 Å². The van der Waals surface area contributed by atoms with Crippen LogP contribution in [0, 0.1) is 34.5 Å². The fourth-order valence-corrected chi connectivity index (χ4v) is 7.03. The van der Waals surface area contributed by atoms with Crippen LogP contribution in [0.4, 0.5) is 0 Å². The number of rotatable bonds is 0. The lowest BCUT2D eigenvalue weighted by Crippen LogP contribution is -2.53. The van der Waals surface area contributed by atoms with Gasteiger partial charge in [-0.3, -0.25) is 9.59 Å². The van der Waals surface area contributed by atoms with E-state index in [1.807, 2.05) is 0 Å². The van der Waals surface area contributed by atoms with Gasteiger partial charge in [-0.1, -0.05) is 13.8 Å². The molecule has 3 nitrogen and oxygen atoms in total. The second-order valence-corrected chi connectivity index (χ2v) is 9.21. The highest BCUT2D eigenvalue weighted by Gasteiger charge is 2.59. The molecule has 3 aliphatic carbocycles. The van der Waals surface area contributed by atoms with Gasteiger partial charge < -0.3 is 5.32 Å². The third-order valence-electron chi connectivity index (χ3n) is 8.48. The number of ketones is 1. The Hall–Kier alpha value is -0.860. The van der Waals surface area contributed by atoms with Gasteiger partial charge in [0.2, 0.25) is 5.91 Å². The number of amides is 1. The van der Waals surface area contributed by atoms with Crippen molar-refractivity contribution in [1.82, 2.24) is 5.32 Å². The van der Waals surface area contributed by atoms with E-state index < -0.39 is 0 Å². The summed E-state index contributed by atoms with van der Waals surface area (Å²) in [5.74, 6) is 3.63. The molecule has 3 heteroatoms. The van der Waals surface area contributed by atoms with Crippen molar-refractivity contribution in [3.63, 3.8) is 0 Å². The molecule has 23 heavy (non-hydrogen) atoms. The molecule has 1 saturated heterocycles. The maximum absolute atomic E-state index is 12.5. The maximum Gasteiger partial charge on any atom is 0.220 e. The Morgan fingerprint density at radius 1 is 0.913 bits per heavy atom. The van der Waals surface area contributed by atoms with Gasteiger partial charge in [-0.15, -0.1) is 0 Å². The average Bonchev–Trinajstić information content (AvgIpc) is 2.81. The van der Waals surface area contributed by atoms with E-state index >= 15 is 0 Å². The molecule has 1 aliphatic heterocycles. The zero-order chi connectivity index (χ0) is 16.2. The molecular formula is C20H31NO2. The van der Waals surface area contributed by atoms with Crippen molar-refractivity contribution in [1.29, 1.82) is 0 Å². The first-order valence-corrected chi connectivity index (χ1v) is 9.75. The SMILES string of the molecule is C[C@]12CCC3C(CC[C@H]4CCC(=O)NCC[C@]34C)[C@@H]1CCC2=O. The number of nitrogens with one attached hydrogen (secondary N) is 1. The number of Topliss-reactive ketones (excluding diaryl/α,β-unsaturated/α-hetero) is 1. The van der Waals surface area contributed by atoms with Gasteiger partial charge in [0.1, 0.15) is 5.78 Å². The largest absolute Gasteiger partial charge is 0.356 e. The van der Waals surface area contributed by atoms with Crippen molar-refractivity contribution in [3.8, 4) is 0 Å². The molecular weight excluding hydrogens is 286 g/mol. The number of hydrogen-bond donors (Lipinski definition) is 1. The summed E-state index contributed by atoms with van der Waals surface area (Å²) < 4.78 is 0. The number of hydrogen-bond acceptors (Lipinski definition) is 2. The highest BCUT2D eigenvalue weighted by molar-refractivity contribution is 5.87. The smallest absolute Gasteiger partial charge is 0.220 e. The number of fused-ring (bicyclic) bond motifs is 5. The minimum atomic E-state index is -0.0137. The minimum Gasteiger partial charge on any atom is -0.356 e. The Morgan fingerprint density at radius 3 is 2.57 bits per heavy atom. The van der Waals surface area contributed by atoms with Gasteiger partial charge in [0, 0.05) is 24.8 Å². The van der Waals surface area contributed by atoms with Gasteiger partial charge in [0.15, 0.2) is 0 Å². The van der Waals surface area contributed by atoms with Gasteiger partial charge in [-0.25, -0.2) is 0 Å². The predicted octanol–water partition coefficient (Wildman–Crippen LogP) is 3.71. The molecule has 3 saturated carbocycles. The first-order valence-electron chi connectivity index (χ1n) is 9.75. The van der Waals surface area contributed by atoms with Crippen LogP contribution in [-0.4, -0.2) is 18.2 Å². The van der Waals surface area contributed by atoms with E-state index in [1.165, 1.54) is 19.3 Å². The molecule has 1 N–H and O–H groups in total. The molecule has 128 valence electrons. The highest BCUT2D eigenvalue weighted by atomic mass is 16.1. The van der Waals surface area contributed by atoms with E-state index in [4.69, 9.17) is 0 Å². The molecule has 0 spiro atoms. The molecule has 2 unspecified atom stereocenters. The Morgan fingerprint density at radius 2 is 1.74 bits per heavy atom. The lowest BCUT2D eigenvalue weighted by atomic mass is 9.46. The molecule has 4 rings (SSSR count). The Bertz CT molecular complexity index is 530. The van der Waals surface area contributed by atoms with Crippen LogP contribution in [0.1, 0.15) is 71.6 Å². The van der Waals surface area contributed by atoms with E-state index in [2.05, 4.69) is 19.2 Å². The van der Waals surface area contributed by atoms with Gasteiger partial charge in [-0.05, 0) is 74.0 Å². The maximum atomic E-state index is 12.5. The van der Waals surface area contributed by atoms with Crippen molar-refractivity contribution in [3.05, 3.63) is 0 Å². The Labute approximate surface area is 140 Å². The van der Waals surface area contributed by atoms with Crippen LogP contribution in [0.25, 0.3) is 0 Å². The summed E-state index contributed by atoms with van der Waals surface area (Å²) in [6.45, 7) is 5.61. The molecule has 0 aromatic heterocycles. The monoisotopic (exact) mass is 317 g/mol. The van der Waals surface area contributed by atoms with Crippen LogP contribution in [0.5, 0.6) is 0 Å². The Kier molecular flexibility index (Phi) is 3.62. The van der Waals surface area contributed by atoms with E-state index in [1.54, 1.807) is 0 Å². The lowest BCUT2D eigenvalue weighted by Gasteiger charge is -2.58. The summed E-state index contributed by atoms with van der Waals surface area (Å²) in [5.41, 5.74) is 0.351. The molecule has 0 aromatic rings. The quantitative estimate of drug-likeness (QED) is 0.740. The summed E-state index contributed by atoms with van der Waals surface area (Å²) in [7, 11) is 0. The molecule has 6 atom stereocenters. The van der Waals surface area contributed by atoms with Gasteiger partial charge in [0.25, 0.3) is 0 Å². The summed E-state index contributed by atoms with van der Waals surface area (Å²) in [6.07, 6.45) is 9.74. The van der Waals surface area contributed by atoms with Crippen LogP contribution in [0.3, 0.4) is 0 Å². The second kappa shape index (κ2) is 5.32. The zero-order valence-electron chi connectivity index (χ0n) is 14.7. The van der Waals surface area contributed by atoms with Gasteiger partial charge in [0.05, 0.1) is 0 Å². The molecule has 1 amide bonds. The Balaban J connectivity index is 1.62. The molecule has 4 fully saturated rings. The molecule has 1 heterocycles. The summed E-state index contributed by atoms with van der Waals surface area (Å²) in [6, 6.07) is 0. The highest BCUT2D eigenvalue weighted by Crippen LogP contribution is 2.64. The molecule has 4 aliphatic rings. The van der Waals surface area contributed by atoms with Crippen LogP contribution in [0.2, 0.25) is 0 Å². The van der Waals surface area contributed by atoms with E-state index in [0.717, 1.165) is 50.5 Å². The first-order chi connectivity index (χ1) is 10.9. The second-order valence-electron chi connectivity index (χ2n) is 9.21. The van der Waals surface area contributed by atoms with E-state index in [9.17, 15) is 9.59 Å². The van der Waals surface area contributed by atoms with Crippen LogP contribution >= 0.6 is 0 Å². The van der Waals surface area contributed by atoms with E-state index in [-0.39, 0.29) is 11.3 Å². The van der Waals surface area contributed by atoms with Gasteiger partial charge in [-0.2, -0.15) is 0 Å². The van der Waals surface area contributed by atoms with Crippen molar-refractivity contribution >= 4 is 11.7 Å². The molecule has 0 bridgehead atoms. The van der Waals surface area contributed by atoms with Crippen LogP contribution in [-0.2, 0) is 9.59 Å². The van der Waals surface area contributed by atoms with E-state index in [0.29, 0.717) is 29.5 Å². The standard InChI is InChI=1S/C20H31NO2/c1-19-11-12-21-18(23)8-4-13(19)3-5-14-15-6-7-17(22)20(15,2)10-9-16(14)19/h13-16H,3-12H2,1-2H3,(H,21,23)/t13-,14?,15-,16?,19-,20-/m0/s1. The number of carbonyl (C=O) groups excluding carboxylic acids is 2. The third-order valence-corrected chi connectivity index (χ3v) is 8.48. The predicted molar refractivity (Wildman–Crippen MR) is 89.7 cm³/mol. The summed E-state index contributed by atoms with van der Waals surface area (Å²) in [4.78, 5) is 24.2. The molecule has 0 aromatic carbocycles. The number of carbonyl (C=O) groups is 2. The first kappa shape index (κ1) is 15.7. The van der Waals surface area contributed by atoms with Gasteiger partial charge >= 0.3 is 0 Å². The van der Waals surface area contributed by atoms with Crippen LogP contribution < -0.4 is 5.32 Å². The van der Waals surface area contributed by atoms with Crippen molar-refractivity contribution in [2.24, 2.45) is 34.5 Å². The van der Waals surface area contributed by atoms with Crippen molar-refractivity contribution in [2.75, 3.05) is 6.54 Å². The fourth-order valence-electron chi connectivity index (χ4n) is 7.03. The minimum absolute atomic E-state index is 0.0137. The van der Waals surface area contributed by atoms with Crippen molar-refractivity contribution in [2.45, 2.75) is 71.6 Å². The third kappa shape index (κ3) is 2.21. The average molecular weight is 317 g/mol. The zero-order valence-corrected chi connectivity index (χ0v) is 14.7. The topological polar surface area (TPSA) is 46.2 Å². The van der Waals surface area contributed by atoms with Crippen molar-refractivity contribution < 1.29 is 9.59 Å². The summed E-state index contributed by atoms with van der Waals surface area (Å²) >= 11 is 0. The summed E-state index contributed by atoms with van der Waals surface area (Å²) in [5, 5.41) is 3.11. The normalized spacial score (nSPS) is 50.2. The lowest BCUT2D eigenvalue weighted by molar-refractivity contribution is -0.139.